The molecule has 0 spiro atoms. The average molecular weight is 216 g/mol. The number of carbonyl (C=O) groups is 1. The van der Waals surface area contributed by atoms with Gasteiger partial charge in [0, 0.05) is 18.6 Å². The molecule has 82 valence electrons. The first-order chi connectivity index (χ1) is 7.83. The maximum Gasteiger partial charge on any atom is 0.161 e. The van der Waals surface area contributed by atoms with Crippen molar-refractivity contribution in [3.05, 3.63) is 36.3 Å². The predicted octanol–water partition coefficient (Wildman–Crippen LogP) is 1.57. The molecular formula is C11H12N4O. The Morgan fingerprint density at radius 1 is 1.31 bits per heavy atom. The minimum Gasteiger partial charge on any atom is -0.331 e. The van der Waals surface area contributed by atoms with Gasteiger partial charge in [0.05, 0.1) is 12.6 Å². The van der Waals surface area contributed by atoms with Crippen LogP contribution >= 0.6 is 0 Å². The standard InChI is InChI=1S/C11H12N4O/c1-10-2-3-11(14-8-10)15-9-13-5-4-12-6-7-16/h2-9H,1H3,(H,13,14,15)/b5-4-,12-6?. The number of aromatic nitrogens is 1. The van der Waals surface area contributed by atoms with Crippen LogP contribution in [0.4, 0.5) is 5.82 Å². The van der Waals surface area contributed by atoms with Crippen molar-refractivity contribution in [2.75, 3.05) is 5.32 Å². The van der Waals surface area contributed by atoms with Crippen LogP contribution < -0.4 is 5.32 Å². The van der Waals surface area contributed by atoms with Gasteiger partial charge in [-0.25, -0.2) is 9.98 Å². The Kier molecular flexibility index (Phi) is 5.19. The second-order valence-electron chi connectivity index (χ2n) is 2.88. The zero-order valence-electron chi connectivity index (χ0n) is 8.87. The molecule has 0 aliphatic rings. The molecule has 0 saturated heterocycles. The van der Waals surface area contributed by atoms with Crippen LogP contribution in [0.5, 0.6) is 0 Å². The van der Waals surface area contributed by atoms with Crippen LogP contribution in [-0.2, 0) is 4.79 Å². The largest absolute Gasteiger partial charge is 0.331 e. The van der Waals surface area contributed by atoms with E-state index < -0.39 is 0 Å². The van der Waals surface area contributed by atoms with Gasteiger partial charge < -0.3 is 5.32 Å². The van der Waals surface area contributed by atoms with E-state index in [4.69, 9.17) is 0 Å². The summed E-state index contributed by atoms with van der Waals surface area (Å²) in [6.07, 6.45) is 7.87. The number of carbonyl (C=O) groups excluding carboxylic acids is 1. The van der Waals surface area contributed by atoms with Crippen molar-refractivity contribution in [3.63, 3.8) is 0 Å². The average Bonchev–Trinajstić information content (AvgIpc) is 2.30. The first-order valence-electron chi connectivity index (χ1n) is 4.66. The number of aldehydes is 1. The Hall–Kier alpha value is -2.30. The summed E-state index contributed by atoms with van der Waals surface area (Å²) < 4.78 is 0. The van der Waals surface area contributed by atoms with Crippen LogP contribution in [-0.4, -0.2) is 23.8 Å². The van der Waals surface area contributed by atoms with Gasteiger partial charge in [-0.3, -0.25) is 9.79 Å². The van der Waals surface area contributed by atoms with Crippen molar-refractivity contribution >= 4 is 24.7 Å². The monoisotopic (exact) mass is 216 g/mol. The third kappa shape index (κ3) is 4.80. The van der Waals surface area contributed by atoms with Crippen LogP contribution in [0.25, 0.3) is 0 Å². The number of rotatable bonds is 5. The van der Waals surface area contributed by atoms with E-state index in [1.165, 1.54) is 18.7 Å². The normalized spacial score (nSPS) is 11.6. The third-order valence-corrected chi connectivity index (χ3v) is 1.58. The zero-order chi connectivity index (χ0) is 11.6. The second-order valence-corrected chi connectivity index (χ2v) is 2.88. The lowest BCUT2D eigenvalue weighted by Gasteiger charge is -1.97. The van der Waals surface area contributed by atoms with Gasteiger partial charge in [0.2, 0.25) is 0 Å². The maximum absolute atomic E-state index is 9.86. The van der Waals surface area contributed by atoms with E-state index in [-0.39, 0.29) is 0 Å². The van der Waals surface area contributed by atoms with Gasteiger partial charge in [0.15, 0.2) is 6.29 Å². The fraction of sp³-hybridized carbons (Fsp3) is 0.0909. The molecule has 5 nitrogen and oxygen atoms in total. The molecular weight excluding hydrogens is 204 g/mol. The van der Waals surface area contributed by atoms with Crippen molar-refractivity contribution in [1.29, 1.82) is 0 Å². The fourth-order valence-corrected chi connectivity index (χ4v) is 0.861. The molecule has 0 atom stereocenters. The lowest BCUT2D eigenvalue weighted by Crippen LogP contribution is -1.96. The van der Waals surface area contributed by atoms with Gasteiger partial charge in [-0.15, -0.1) is 0 Å². The third-order valence-electron chi connectivity index (χ3n) is 1.58. The Morgan fingerprint density at radius 3 is 2.81 bits per heavy atom. The van der Waals surface area contributed by atoms with E-state index in [1.54, 1.807) is 6.20 Å². The molecule has 1 heterocycles. The molecule has 0 aromatic carbocycles. The van der Waals surface area contributed by atoms with Gasteiger partial charge in [-0.05, 0) is 18.6 Å². The van der Waals surface area contributed by atoms with Crippen LogP contribution in [0.15, 0.2) is 40.7 Å². The molecule has 1 rings (SSSR count). The van der Waals surface area contributed by atoms with Crippen LogP contribution in [0, 0.1) is 6.92 Å². The van der Waals surface area contributed by atoms with Gasteiger partial charge in [0.1, 0.15) is 5.82 Å². The highest BCUT2D eigenvalue weighted by molar-refractivity contribution is 6.13. The van der Waals surface area contributed by atoms with Crippen LogP contribution in [0.1, 0.15) is 5.56 Å². The molecule has 1 aromatic heterocycles. The summed E-state index contributed by atoms with van der Waals surface area (Å²) in [5.74, 6) is 0.721. The fourth-order valence-electron chi connectivity index (χ4n) is 0.861. The summed E-state index contributed by atoms with van der Waals surface area (Å²) in [6.45, 7) is 1.97. The molecule has 5 heteroatoms. The molecule has 0 aliphatic heterocycles. The van der Waals surface area contributed by atoms with E-state index in [0.29, 0.717) is 6.29 Å². The molecule has 0 amide bonds. The number of hydrogen-bond acceptors (Lipinski definition) is 4. The summed E-state index contributed by atoms with van der Waals surface area (Å²) in [7, 11) is 0. The van der Waals surface area contributed by atoms with Gasteiger partial charge >= 0.3 is 0 Å². The molecule has 0 aliphatic carbocycles. The van der Waals surface area contributed by atoms with Gasteiger partial charge in [-0.1, -0.05) is 6.07 Å². The molecule has 0 fully saturated rings. The van der Waals surface area contributed by atoms with E-state index in [2.05, 4.69) is 20.3 Å². The predicted molar refractivity (Wildman–Crippen MR) is 64.8 cm³/mol. The molecule has 0 radical (unpaired) electrons. The number of nitrogens with one attached hydrogen (secondary N) is 1. The number of aryl methyl sites for hydroxylation is 1. The summed E-state index contributed by atoms with van der Waals surface area (Å²) in [6, 6.07) is 3.81. The van der Waals surface area contributed by atoms with Crippen molar-refractivity contribution in [2.45, 2.75) is 6.92 Å². The van der Waals surface area contributed by atoms with E-state index in [0.717, 1.165) is 17.6 Å². The minimum atomic E-state index is 0.600. The van der Waals surface area contributed by atoms with E-state index >= 15 is 0 Å². The molecule has 1 aromatic rings. The summed E-state index contributed by atoms with van der Waals surface area (Å²) in [4.78, 5) is 21.5. The Bertz CT molecular complexity index is 406. The lowest BCUT2D eigenvalue weighted by atomic mass is 10.3. The summed E-state index contributed by atoms with van der Waals surface area (Å²) >= 11 is 0. The summed E-state index contributed by atoms with van der Waals surface area (Å²) in [5.41, 5.74) is 1.10. The van der Waals surface area contributed by atoms with Crippen molar-refractivity contribution in [3.8, 4) is 0 Å². The van der Waals surface area contributed by atoms with Crippen molar-refractivity contribution < 1.29 is 4.79 Å². The van der Waals surface area contributed by atoms with E-state index in [9.17, 15) is 4.79 Å². The highest BCUT2D eigenvalue weighted by atomic mass is 16.1. The Balaban J connectivity index is 2.36. The molecule has 0 saturated carbocycles. The quantitative estimate of drug-likeness (QED) is 0.461. The smallest absolute Gasteiger partial charge is 0.161 e. The van der Waals surface area contributed by atoms with Crippen LogP contribution in [0.2, 0.25) is 0 Å². The first kappa shape index (κ1) is 11.8. The summed E-state index contributed by atoms with van der Waals surface area (Å²) in [5, 5.41) is 2.89. The molecule has 0 unspecified atom stereocenters. The number of aliphatic imine (C=N–C) groups is 2. The number of nitrogens with zero attached hydrogens (tertiary/aromatic N) is 3. The number of hydrogen-bond donors (Lipinski definition) is 1. The lowest BCUT2D eigenvalue weighted by molar-refractivity contribution is -0.102. The van der Waals surface area contributed by atoms with Crippen LogP contribution in [0.3, 0.4) is 0 Å². The zero-order valence-corrected chi connectivity index (χ0v) is 8.87. The van der Waals surface area contributed by atoms with Crippen molar-refractivity contribution in [2.24, 2.45) is 9.98 Å². The Morgan fingerprint density at radius 2 is 2.12 bits per heavy atom. The second kappa shape index (κ2) is 7.05. The molecule has 0 bridgehead atoms. The first-order valence-corrected chi connectivity index (χ1v) is 4.66. The Labute approximate surface area is 93.7 Å². The SMILES string of the molecule is Cc1ccc(NC=N/C=C\N=CC=O)nc1. The maximum atomic E-state index is 9.86. The highest BCUT2D eigenvalue weighted by Crippen LogP contribution is 2.01. The topological polar surface area (TPSA) is 66.7 Å². The minimum absolute atomic E-state index is 0.600. The van der Waals surface area contributed by atoms with E-state index in [1.807, 2.05) is 19.1 Å². The molecule has 1 N–H and O–H groups in total. The number of anilines is 1. The number of pyridine rings is 1. The van der Waals surface area contributed by atoms with Gasteiger partial charge in [0.25, 0.3) is 0 Å². The highest BCUT2D eigenvalue weighted by Gasteiger charge is 1.87. The van der Waals surface area contributed by atoms with Crippen molar-refractivity contribution in [1.82, 2.24) is 4.98 Å². The molecule has 16 heavy (non-hydrogen) atoms. The van der Waals surface area contributed by atoms with Gasteiger partial charge in [-0.2, -0.15) is 0 Å².